The molecule has 3 aliphatic heterocycles. The van der Waals surface area contributed by atoms with E-state index in [0.717, 1.165) is 11.0 Å². The maximum atomic E-state index is 14.2. The third-order valence-corrected chi connectivity index (χ3v) is 9.82. The molecule has 0 spiro atoms. The minimum absolute atomic E-state index is 0.000890. The van der Waals surface area contributed by atoms with Gasteiger partial charge in [0.2, 0.25) is 5.88 Å². The minimum atomic E-state index is -4.73. The summed E-state index contributed by atoms with van der Waals surface area (Å²) in [6.45, 7) is 10.7. The van der Waals surface area contributed by atoms with Crippen LogP contribution in [0.2, 0.25) is 5.02 Å². The van der Waals surface area contributed by atoms with Gasteiger partial charge in [-0.05, 0) is 83.0 Å². The monoisotopic (exact) mass is 757 g/mol. The number of hydrogen-bond donors (Lipinski definition) is 1. The molecule has 4 amide bonds. The number of aromatic nitrogens is 2. The van der Waals surface area contributed by atoms with Gasteiger partial charge in [0.25, 0.3) is 5.91 Å². The highest BCUT2D eigenvalue weighted by molar-refractivity contribution is 6.30. The lowest BCUT2D eigenvalue weighted by atomic mass is 10.0. The quantitative estimate of drug-likeness (QED) is 0.252. The van der Waals surface area contributed by atoms with Crippen LogP contribution < -0.4 is 19.9 Å². The molecule has 3 atom stereocenters. The first-order valence-electron chi connectivity index (χ1n) is 17.7. The summed E-state index contributed by atoms with van der Waals surface area (Å²) in [5, 5.41) is 2.89. The van der Waals surface area contributed by atoms with Crippen LogP contribution in [0.1, 0.15) is 63.5 Å². The number of fused-ring (bicyclic) bond motifs is 1. The highest BCUT2D eigenvalue weighted by Crippen LogP contribution is 2.41. The smallest absolute Gasteiger partial charge is 0.418 e. The minimum Gasteiger partial charge on any atom is -0.477 e. The number of urea groups is 1. The van der Waals surface area contributed by atoms with Crippen molar-refractivity contribution in [2.24, 2.45) is 0 Å². The second-order valence-corrected chi connectivity index (χ2v) is 14.7. The van der Waals surface area contributed by atoms with Gasteiger partial charge >= 0.3 is 18.3 Å². The molecule has 6 rings (SSSR count). The Labute approximate surface area is 311 Å². The number of amides is 4. The number of carbonyl (C=O) groups excluding carboxylic acids is 3. The molecule has 53 heavy (non-hydrogen) atoms. The van der Waals surface area contributed by atoms with E-state index in [1.165, 1.54) is 12.1 Å². The third-order valence-electron chi connectivity index (χ3n) is 9.59. The zero-order valence-electron chi connectivity index (χ0n) is 30.2. The Kier molecular flexibility index (Phi) is 10.7. The first-order chi connectivity index (χ1) is 25.1. The fourth-order valence-electron chi connectivity index (χ4n) is 6.95. The second kappa shape index (κ2) is 14.9. The predicted molar refractivity (Wildman–Crippen MR) is 193 cm³/mol. The number of likely N-dealkylation sites (tertiary alicyclic amines) is 1. The largest absolute Gasteiger partial charge is 0.477 e. The lowest BCUT2D eigenvalue weighted by Gasteiger charge is -2.44. The van der Waals surface area contributed by atoms with Gasteiger partial charge in [-0.2, -0.15) is 13.2 Å². The van der Waals surface area contributed by atoms with E-state index in [2.05, 4.69) is 10.3 Å². The Morgan fingerprint density at radius 2 is 1.75 bits per heavy atom. The summed E-state index contributed by atoms with van der Waals surface area (Å²) in [5.41, 5.74) is -0.257. The molecular formula is C37H43ClF3N7O5. The Balaban J connectivity index is 1.31. The molecule has 1 aromatic carbocycles. The molecule has 3 aliphatic rings. The number of piperazine rings is 1. The number of alkyl halides is 3. The van der Waals surface area contributed by atoms with Crippen molar-refractivity contribution in [3.63, 3.8) is 0 Å². The standard InChI is InChI=1S/C37H43ClF3N7O5/c1-6-23-19-47-25(21-48(34(47)50)29-12-10-22(38)17-27(29)37(39,40)41)20-46(23)30-13-11-28(26-9-8-15-42-33(26)52-7-2)44-31(30)32(49)43-18-24-14-16-45(24)35(51)53-36(3,4)5/h8-13,15,17,23-25H,6-7,14,16,18-21H2,1-5H3,(H,43,49)/t23-,24+,25+/m1/s1. The van der Waals surface area contributed by atoms with Gasteiger partial charge in [0.15, 0.2) is 5.69 Å². The summed E-state index contributed by atoms with van der Waals surface area (Å²) in [5.74, 6) is -0.119. The topological polar surface area (TPSA) is 120 Å². The summed E-state index contributed by atoms with van der Waals surface area (Å²) in [4.78, 5) is 56.2. The Hall–Kier alpha value is -4.79. The zero-order chi connectivity index (χ0) is 38.2. The van der Waals surface area contributed by atoms with Crippen molar-refractivity contribution in [3.05, 3.63) is 64.9 Å². The van der Waals surface area contributed by atoms with Gasteiger partial charge in [0, 0.05) is 50.0 Å². The maximum absolute atomic E-state index is 14.2. The third kappa shape index (κ3) is 7.94. The molecule has 2 aromatic heterocycles. The van der Waals surface area contributed by atoms with E-state index in [1.807, 2.05) is 18.7 Å². The number of anilines is 2. The van der Waals surface area contributed by atoms with Gasteiger partial charge in [-0.15, -0.1) is 0 Å². The van der Waals surface area contributed by atoms with Crippen LogP contribution in [-0.4, -0.2) is 101 Å². The van der Waals surface area contributed by atoms with Gasteiger partial charge in [-0.1, -0.05) is 18.5 Å². The Morgan fingerprint density at radius 3 is 2.42 bits per heavy atom. The number of halogens is 4. The van der Waals surface area contributed by atoms with E-state index in [0.29, 0.717) is 48.8 Å². The summed E-state index contributed by atoms with van der Waals surface area (Å²) in [6, 6.07) is 8.95. The van der Waals surface area contributed by atoms with E-state index in [9.17, 15) is 27.6 Å². The number of ether oxygens (including phenoxy) is 2. The van der Waals surface area contributed by atoms with Crippen LogP contribution in [0.15, 0.2) is 48.7 Å². The van der Waals surface area contributed by atoms with E-state index >= 15 is 0 Å². The number of nitrogens with zero attached hydrogens (tertiary/aromatic N) is 6. The van der Waals surface area contributed by atoms with Gasteiger partial charge in [-0.3, -0.25) is 9.69 Å². The first-order valence-corrected chi connectivity index (χ1v) is 18.1. The fraction of sp³-hybridized carbons (Fsp3) is 0.486. The molecule has 3 aromatic rings. The van der Waals surface area contributed by atoms with E-state index in [1.54, 1.807) is 61.0 Å². The van der Waals surface area contributed by atoms with Crippen molar-refractivity contribution in [2.45, 2.75) is 77.4 Å². The maximum Gasteiger partial charge on any atom is 0.418 e. The lowest BCUT2D eigenvalue weighted by molar-refractivity contribution is -0.137. The van der Waals surface area contributed by atoms with Gasteiger partial charge in [-0.25, -0.2) is 19.6 Å². The number of pyridine rings is 2. The first kappa shape index (κ1) is 38.0. The number of carbonyl (C=O) groups is 3. The molecule has 16 heteroatoms. The molecule has 0 saturated carbocycles. The molecule has 5 heterocycles. The molecular weight excluding hydrogens is 715 g/mol. The van der Waals surface area contributed by atoms with Crippen LogP contribution >= 0.6 is 11.6 Å². The van der Waals surface area contributed by atoms with Crippen LogP contribution in [0.3, 0.4) is 0 Å². The van der Waals surface area contributed by atoms with Crippen molar-refractivity contribution in [1.82, 2.24) is 25.1 Å². The van der Waals surface area contributed by atoms with Crippen LogP contribution in [0, 0.1) is 0 Å². The fourth-order valence-corrected chi connectivity index (χ4v) is 7.12. The van der Waals surface area contributed by atoms with Crippen LogP contribution in [0.25, 0.3) is 11.3 Å². The van der Waals surface area contributed by atoms with Crippen LogP contribution in [0.4, 0.5) is 34.1 Å². The Morgan fingerprint density at radius 1 is 1.00 bits per heavy atom. The molecule has 12 nitrogen and oxygen atoms in total. The summed E-state index contributed by atoms with van der Waals surface area (Å²) >= 11 is 5.93. The van der Waals surface area contributed by atoms with E-state index < -0.39 is 41.4 Å². The van der Waals surface area contributed by atoms with E-state index in [4.69, 9.17) is 26.1 Å². The SMILES string of the molecule is CCOc1ncccc1-c1ccc(N2C[C@H]3CN(c4ccc(Cl)cc4C(F)(F)F)C(=O)N3C[C@H]2CC)c(C(=O)NC[C@@H]2CCN2C(=O)OC(C)(C)C)n1. The molecule has 1 N–H and O–H groups in total. The van der Waals surface area contributed by atoms with Crippen molar-refractivity contribution in [1.29, 1.82) is 0 Å². The number of benzene rings is 1. The van der Waals surface area contributed by atoms with Crippen LogP contribution in [0.5, 0.6) is 5.88 Å². The summed E-state index contributed by atoms with van der Waals surface area (Å²) in [7, 11) is 0. The van der Waals surface area contributed by atoms with Crippen molar-refractivity contribution in [3.8, 4) is 17.1 Å². The van der Waals surface area contributed by atoms with Gasteiger partial charge in [0.1, 0.15) is 5.60 Å². The highest BCUT2D eigenvalue weighted by atomic mass is 35.5. The van der Waals surface area contributed by atoms with Crippen molar-refractivity contribution < 1.29 is 37.0 Å². The van der Waals surface area contributed by atoms with E-state index in [-0.39, 0.29) is 54.7 Å². The van der Waals surface area contributed by atoms with Crippen LogP contribution in [-0.2, 0) is 10.9 Å². The summed E-state index contributed by atoms with van der Waals surface area (Å²) < 4.78 is 53.5. The number of nitrogens with one attached hydrogen (secondary N) is 1. The predicted octanol–water partition coefficient (Wildman–Crippen LogP) is 6.86. The molecule has 0 radical (unpaired) electrons. The average Bonchev–Trinajstić information content (AvgIpc) is 3.40. The highest BCUT2D eigenvalue weighted by Gasteiger charge is 2.47. The number of rotatable bonds is 9. The second-order valence-electron chi connectivity index (χ2n) is 14.3. The van der Waals surface area contributed by atoms with Crippen molar-refractivity contribution in [2.75, 3.05) is 49.1 Å². The normalized spacial score (nSPS) is 20.2. The molecule has 0 aliphatic carbocycles. The summed E-state index contributed by atoms with van der Waals surface area (Å²) in [6.07, 6.45) is -2.32. The molecule has 3 fully saturated rings. The van der Waals surface area contributed by atoms with Gasteiger partial charge < -0.3 is 29.5 Å². The molecule has 284 valence electrons. The molecule has 3 saturated heterocycles. The van der Waals surface area contributed by atoms with Gasteiger partial charge in [0.05, 0.1) is 46.9 Å². The number of hydrogen-bond acceptors (Lipinski definition) is 8. The molecule has 0 bridgehead atoms. The average molecular weight is 758 g/mol. The van der Waals surface area contributed by atoms with Crippen molar-refractivity contribution >= 4 is 41.0 Å². The molecule has 0 unspecified atom stereocenters. The lowest BCUT2D eigenvalue weighted by Crippen LogP contribution is -2.58. The Bertz CT molecular complexity index is 1870. The zero-order valence-corrected chi connectivity index (χ0v) is 31.0.